The number of hydrogen-bond acceptors (Lipinski definition) is 4. The van der Waals surface area contributed by atoms with Crippen LogP contribution in [0.4, 0.5) is 4.79 Å². The van der Waals surface area contributed by atoms with Crippen LogP contribution < -0.4 is 16.0 Å². The van der Waals surface area contributed by atoms with Crippen LogP contribution in [0.25, 0.3) is 0 Å². The predicted octanol–water partition coefficient (Wildman–Crippen LogP) is 0.592. The first kappa shape index (κ1) is 22.4. The van der Waals surface area contributed by atoms with Gasteiger partial charge in [-0.1, -0.05) is 19.3 Å². The summed E-state index contributed by atoms with van der Waals surface area (Å²) in [7, 11) is 0. The van der Waals surface area contributed by atoms with E-state index in [1.807, 2.05) is 13.8 Å². The average Bonchev–Trinajstić information content (AvgIpc) is 2.74. The molecule has 2 aliphatic heterocycles. The third-order valence-electron chi connectivity index (χ3n) is 6.22. The molecule has 2 saturated heterocycles. The zero-order valence-corrected chi connectivity index (χ0v) is 18.1. The van der Waals surface area contributed by atoms with Crippen LogP contribution in [-0.2, 0) is 14.4 Å². The van der Waals surface area contributed by atoms with Crippen molar-refractivity contribution in [1.29, 1.82) is 0 Å². The van der Waals surface area contributed by atoms with Gasteiger partial charge in [0.05, 0.1) is 6.54 Å². The molecule has 1 aliphatic carbocycles. The molecule has 3 N–H and O–H groups in total. The number of carbonyl (C=O) groups is 4. The molecule has 3 aliphatic rings. The standard InChI is InChI=1S/C21H35N5O4/c1-14(2)23-21(30)25-11-12-26(20(29)15-7-4-3-5-8-15)17(13-25)19(28)24-16-9-6-10-22-18(16)27/h14-17H,3-13H2,1-2H3,(H,22,27)(H,23,30)(H,24,28)/t16-,17+/m0/s1. The van der Waals surface area contributed by atoms with Crippen molar-refractivity contribution >= 4 is 23.8 Å². The Kier molecular flexibility index (Phi) is 7.55. The second-order valence-corrected chi connectivity index (χ2v) is 8.93. The van der Waals surface area contributed by atoms with Gasteiger partial charge in [0.2, 0.25) is 17.7 Å². The number of nitrogens with one attached hydrogen (secondary N) is 3. The Bertz CT molecular complexity index is 662. The van der Waals surface area contributed by atoms with Crippen molar-refractivity contribution in [3.63, 3.8) is 0 Å². The minimum Gasteiger partial charge on any atom is -0.354 e. The lowest BCUT2D eigenvalue weighted by atomic mass is 9.87. The maximum absolute atomic E-state index is 13.2. The summed E-state index contributed by atoms with van der Waals surface area (Å²) in [6.07, 6.45) is 6.30. The normalized spacial score (nSPS) is 25.6. The summed E-state index contributed by atoms with van der Waals surface area (Å²) in [4.78, 5) is 54.2. The molecule has 0 spiro atoms. The summed E-state index contributed by atoms with van der Waals surface area (Å²) >= 11 is 0. The summed E-state index contributed by atoms with van der Waals surface area (Å²) in [6.45, 7) is 5.24. The molecule has 1 saturated carbocycles. The second-order valence-electron chi connectivity index (χ2n) is 8.93. The molecule has 0 aromatic rings. The van der Waals surface area contributed by atoms with E-state index < -0.39 is 12.1 Å². The number of amides is 5. The van der Waals surface area contributed by atoms with Crippen molar-refractivity contribution in [3.05, 3.63) is 0 Å². The molecule has 30 heavy (non-hydrogen) atoms. The Hall–Kier alpha value is -2.32. The molecule has 9 nitrogen and oxygen atoms in total. The van der Waals surface area contributed by atoms with Gasteiger partial charge in [0, 0.05) is 31.6 Å². The van der Waals surface area contributed by atoms with Gasteiger partial charge >= 0.3 is 6.03 Å². The van der Waals surface area contributed by atoms with Crippen molar-refractivity contribution in [2.45, 2.75) is 76.9 Å². The Labute approximate surface area is 178 Å². The highest BCUT2D eigenvalue weighted by Gasteiger charge is 2.40. The van der Waals surface area contributed by atoms with Gasteiger partial charge in [-0.25, -0.2) is 4.79 Å². The van der Waals surface area contributed by atoms with E-state index in [1.54, 1.807) is 9.80 Å². The smallest absolute Gasteiger partial charge is 0.317 e. The fourth-order valence-electron chi connectivity index (χ4n) is 4.56. The van der Waals surface area contributed by atoms with Crippen LogP contribution >= 0.6 is 0 Å². The van der Waals surface area contributed by atoms with Gasteiger partial charge in [-0.2, -0.15) is 0 Å². The van der Waals surface area contributed by atoms with Crippen molar-refractivity contribution < 1.29 is 19.2 Å². The van der Waals surface area contributed by atoms with Crippen molar-refractivity contribution in [2.75, 3.05) is 26.2 Å². The van der Waals surface area contributed by atoms with Gasteiger partial charge in [-0.15, -0.1) is 0 Å². The van der Waals surface area contributed by atoms with Crippen molar-refractivity contribution in [2.24, 2.45) is 5.92 Å². The summed E-state index contributed by atoms with van der Waals surface area (Å²) < 4.78 is 0. The predicted molar refractivity (Wildman–Crippen MR) is 111 cm³/mol. The number of piperazine rings is 1. The van der Waals surface area contributed by atoms with Crippen LogP contribution in [0.5, 0.6) is 0 Å². The lowest BCUT2D eigenvalue weighted by molar-refractivity contribution is -0.148. The Morgan fingerprint density at radius 3 is 2.43 bits per heavy atom. The molecule has 9 heteroatoms. The fourth-order valence-corrected chi connectivity index (χ4v) is 4.56. The Morgan fingerprint density at radius 1 is 1.03 bits per heavy atom. The summed E-state index contributed by atoms with van der Waals surface area (Å²) in [5.41, 5.74) is 0. The van der Waals surface area contributed by atoms with Crippen molar-refractivity contribution in [3.8, 4) is 0 Å². The topological polar surface area (TPSA) is 111 Å². The number of urea groups is 1. The lowest BCUT2D eigenvalue weighted by Gasteiger charge is -2.42. The zero-order valence-electron chi connectivity index (χ0n) is 18.1. The molecule has 0 aromatic carbocycles. The van der Waals surface area contributed by atoms with E-state index in [9.17, 15) is 19.2 Å². The highest BCUT2D eigenvalue weighted by Crippen LogP contribution is 2.27. The van der Waals surface area contributed by atoms with E-state index in [0.29, 0.717) is 26.1 Å². The molecule has 0 unspecified atom stereocenters. The minimum atomic E-state index is -0.777. The highest BCUT2D eigenvalue weighted by atomic mass is 16.2. The summed E-state index contributed by atoms with van der Waals surface area (Å²) in [5, 5.41) is 8.44. The number of carbonyl (C=O) groups excluding carboxylic acids is 4. The van der Waals surface area contributed by atoms with Gasteiger partial charge in [-0.05, 0) is 39.5 Å². The maximum Gasteiger partial charge on any atom is 0.317 e. The van der Waals surface area contributed by atoms with Crippen LogP contribution in [0.2, 0.25) is 0 Å². The lowest BCUT2D eigenvalue weighted by Crippen LogP contribution is -2.65. The molecule has 0 aromatic heterocycles. The summed E-state index contributed by atoms with van der Waals surface area (Å²) in [6, 6.07) is -1.61. The molecule has 2 heterocycles. The van der Waals surface area contributed by atoms with Gasteiger partial charge in [-0.3, -0.25) is 14.4 Å². The van der Waals surface area contributed by atoms with E-state index in [4.69, 9.17) is 0 Å². The molecular formula is C21H35N5O4. The number of nitrogens with zero attached hydrogens (tertiary/aromatic N) is 2. The zero-order chi connectivity index (χ0) is 21.7. The van der Waals surface area contributed by atoms with Crippen LogP contribution in [0.3, 0.4) is 0 Å². The van der Waals surface area contributed by atoms with E-state index >= 15 is 0 Å². The minimum absolute atomic E-state index is 0.00636. The largest absolute Gasteiger partial charge is 0.354 e. The second kappa shape index (κ2) is 10.1. The van der Waals surface area contributed by atoms with E-state index in [2.05, 4.69) is 16.0 Å². The Balaban J connectivity index is 1.73. The first-order valence-electron chi connectivity index (χ1n) is 11.3. The van der Waals surface area contributed by atoms with Crippen molar-refractivity contribution in [1.82, 2.24) is 25.8 Å². The van der Waals surface area contributed by atoms with Gasteiger partial charge in [0.15, 0.2) is 0 Å². The highest BCUT2D eigenvalue weighted by molar-refractivity contribution is 5.93. The van der Waals surface area contributed by atoms with Crippen LogP contribution in [0.15, 0.2) is 0 Å². The van der Waals surface area contributed by atoms with Crippen LogP contribution in [0, 0.1) is 5.92 Å². The SMILES string of the molecule is CC(C)NC(=O)N1CCN(C(=O)C2CCCCC2)[C@@H](C(=O)N[C@H]2CCCNC2=O)C1. The third-order valence-corrected chi connectivity index (χ3v) is 6.22. The number of piperidine rings is 1. The van der Waals surface area contributed by atoms with Gasteiger partial charge in [0.1, 0.15) is 12.1 Å². The quantitative estimate of drug-likeness (QED) is 0.617. The maximum atomic E-state index is 13.2. The number of hydrogen-bond donors (Lipinski definition) is 3. The molecule has 0 bridgehead atoms. The van der Waals surface area contributed by atoms with E-state index in [0.717, 1.165) is 38.5 Å². The van der Waals surface area contributed by atoms with E-state index in [1.165, 1.54) is 0 Å². The molecule has 5 amide bonds. The molecule has 3 rings (SSSR count). The molecule has 0 radical (unpaired) electrons. The first-order chi connectivity index (χ1) is 14.4. The first-order valence-corrected chi connectivity index (χ1v) is 11.3. The van der Waals surface area contributed by atoms with Crippen LogP contribution in [-0.4, -0.2) is 77.9 Å². The molecular weight excluding hydrogens is 386 g/mol. The number of rotatable bonds is 4. The molecule has 3 fully saturated rings. The van der Waals surface area contributed by atoms with Crippen LogP contribution in [0.1, 0.15) is 58.8 Å². The van der Waals surface area contributed by atoms with Gasteiger partial charge in [0.25, 0.3) is 0 Å². The van der Waals surface area contributed by atoms with Gasteiger partial charge < -0.3 is 25.8 Å². The Morgan fingerprint density at radius 2 is 1.77 bits per heavy atom. The fraction of sp³-hybridized carbons (Fsp3) is 0.810. The third kappa shape index (κ3) is 5.43. The molecule has 2 atom stereocenters. The monoisotopic (exact) mass is 421 g/mol. The van der Waals surface area contributed by atoms with E-state index in [-0.39, 0.29) is 42.3 Å². The summed E-state index contributed by atoms with van der Waals surface area (Å²) in [5.74, 6) is -0.594. The average molecular weight is 422 g/mol. The molecule has 168 valence electrons.